The van der Waals surface area contributed by atoms with Gasteiger partial charge in [0.25, 0.3) is 0 Å². The summed E-state index contributed by atoms with van der Waals surface area (Å²) in [5.41, 5.74) is 6.71. The number of carboxylic acids is 1. The van der Waals surface area contributed by atoms with Gasteiger partial charge in [-0.2, -0.15) is 0 Å². The molecule has 1 unspecified atom stereocenters. The van der Waals surface area contributed by atoms with Gasteiger partial charge in [0.15, 0.2) is 11.6 Å². The number of aliphatic carboxylic acids is 1. The quantitative estimate of drug-likeness (QED) is 0.747. The maximum Gasteiger partial charge on any atom is 0.362 e. The molecule has 2 aromatic heterocycles. The summed E-state index contributed by atoms with van der Waals surface area (Å²) in [6, 6.07) is 8.45. The molecule has 0 saturated carbocycles. The van der Waals surface area contributed by atoms with E-state index in [2.05, 4.69) is 15.7 Å². The Morgan fingerprint density at radius 2 is 2.05 bits per heavy atom. The van der Waals surface area contributed by atoms with Crippen LogP contribution < -0.4 is 5.73 Å². The Balaban J connectivity index is 1.94. The number of rotatable bonds is 4. The summed E-state index contributed by atoms with van der Waals surface area (Å²) in [5.74, 6) is -0.387. The number of aromatic nitrogens is 2. The van der Waals surface area contributed by atoms with Gasteiger partial charge in [0, 0.05) is 24.4 Å². The third-order valence-electron chi connectivity index (χ3n) is 3.21. The zero-order chi connectivity index (χ0) is 14.8. The number of fused-ring (bicyclic) bond motifs is 1. The molecule has 21 heavy (non-hydrogen) atoms. The van der Waals surface area contributed by atoms with Crippen molar-refractivity contribution < 1.29 is 20.1 Å². The first-order chi connectivity index (χ1) is 10.1. The molecule has 0 aliphatic rings. The van der Waals surface area contributed by atoms with Gasteiger partial charge < -0.3 is 15.3 Å². The zero-order valence-electron chi connectivity index (χ0n) is 11.2. The van der Waals surface area contributed by atoms with Crippen molar-refractivity contribution in [3.8, 4) is 11.5 Å². The average Bonchev–Trinajstić information content (AvgIpc) is 2.91. The molecule has 0 radical (unpaired) electrons. The standard InChI is InChI=1S/C15H13N3O3/c16-11(15(19)20)7-9-1-2-13-12(8-9)18-14(21-13)10-3-5-17-6-4-10/h1-6,8,11H,7,16H2,(H,19,20)/p+1. The highest BCUT2D eigenvalue weighted by Crippen LogP contribution is 2.24. The van der Waals surface area contributed by atoms with E-state index < -0.39 is 12.0 Å². The topological polar surface area (TPSA) is 104 Å². The second-order valence-electron chi connectivity index (χ2n) is 4.80. The molecule has 106 valence electrons. The van der Waals surface area contributed by atoms with Crippen molar-refractivity contribution in [2.45, 2.75) is 12.5 Å². The van der Waals surface area contributed by atoms with Crippen LogP contribution in [0.4, 0.5) is 0 Å². The van der Waals surface area contributed by atoms with E-state index >= 15 is 0 Å². The van der Waals surface area contributed by atoms with Crippen molar-refractivity contribution in [3.63, 3.8) is 0 Å². The molecule has 6 nitrogen and oxygen atoms in total. The molecule has 3 aromatic rings. The molecule has 1 aromatic carbocycles. The zero-order valence-corrected chi connectivity index (χ0v) is 11.2. The Bertz CT molecular complexity index is 783. The van der Waals surface area contributed by atoms with Crippen LogP contribution in [0.3, 0.4) is 0 Å². The SMILES string of the molecule is [NH3+]C(Cc1ccc2oc(-c3ccncc3)nc2c1)C(=O)O. The van der Waals surface area contributed by atoms with Crippen LogP contribution in [0.25, 0.3) is 22.6 Å². The fraction of sp³-hybridized carbons (Fsp3) is 0.133. The van der Waals surface area contributed by atoms with Gasteiger partial charge in [0.1, 0.15) is 5.52 Å². The number of hydrogen-bond donors (Lipinski definition) is 2. The van der Waals surface area contributed by atoms with Crippen molar-refractivity contribution >= 4 is 17.1 Å². The lowest BCUT2D eigenvalue weighted by Gasteiger charge is -2.02. The molecule has 0 aliphatic carbocycles. The molecule has 4 N–H and O–H groups in total. The molecule has 0 bridgehead atoms. The van der Waals surface area contributed by atoms with E-state index in [9.17, 15) is 4.79 Å². The predicted molar refractivity (Wildman–Crippen MR) is 75.3 cm³/mol. The molecule has 0 saturated heterocycles. The Hall–Kier alpha value is -2.73. The highest BCUT2D eigenvalue weighted by atomic mass is 16.4. The molecule has 2 heterocycles. The molecule has 0 fully saturated rings. The van der Waals surface area contributed by atoms with Crippen LogP contribution in [-0.2, 0) is 11.2 Å². The number of quaternary nitrogens is 1. The third kappa shape index (κ3) is 2.75. The average molecular weight is 284 g/mol. The van der Waals surface area contributed by atoms with Gasteiger partial charge in [-0.25, -0.2) is 9.78 Å². The fourth-order valence-electron chi connectivity index (χ4n) is 2.09. The van der Waals surface area contributed by atoms with Gasteiger partial charge >= 0.3 is 5.97 Å². The maximum atomic E-state index is 10.9. The maximum absolute atomic E-state index is 10.9. The smallest absolute Gasteiger partial charge is 0.362 e. The Morgan fingerprint density at radius 3 is 2.76 bits per heavy atom. The van der Waals surface area contributed by atoms with Gasteiger partial charge in [-0.05, 0) is 29.8 Å². The number of nitrogens with zero attached hydrogens (tertiary/aromatic N) is 2. The molecular formula is C15H14N3O3+. The number of benzene rings is 1. The first-order valence-electron chi connectivity index (χ1n) is 6.49. The van der Waals surface area contributed by atoms with Crippen LogP contribution in [0.2, 0.25) is 0 Å². The largest absolute Gasteiger partial charge is 0.477 e. The van der Waals surface area contributed by atoms with Gasteiger partial charge in [-0.1, -0.05) is 6.07 Å². The van der Waals surface area contributed by atoms with E-state index in [1.807, 2.05) is 24.3 Å². The Kier molecular flexibility index (Phi) is 3.37. The number of hydrogen-bond acceptors (Lipinski definition) is 4. The van der Waals surface area contributed by atoms with Crippen LogP contribution in [0.15, 0.2) is 47.1 Å². The minimum absolute atomic E-state index is 0.364. The van der Waals surface area contributed by atoms with Crippen molar-refractivity contribution in [1.29, 1.82) is 0 Å². The molecule has 6 heteroatoms. The second kappa shape index (κ2) is 5.34. The van der Waals surface area contributed by atoms with Crippen molar-refractivity contribution in [3.05, 3.63) is 48.3 Å². The molecule has 0 amide bonds. The van der Waals surface area contributed by atoms with Gasteiger partial charge in [0.2, 0.25) is 5.89 Å². The van der Waals surface area contributed by atoms with E-state index in [0.717, 1.165) is 11.1 Å². The summed E-state index contributed by atoms with van der Waals surface area (Å²) in [7, 11) is 0. The van der Waals surface area contributed by atoms with Crippen LogP contribution >= 0.6 is 0 Å². The van der Waals surface area contributed by atoms with E-state index in [1.54, 1.807) is 18.5 Å². The highest BCUT2D eigenvalue weighted by molar-refractivity contribution is 5.77. The van der Waals surface area contributed by atoms with Crippen LogP contribution in [0.5, 0.6) is 0 Å². The summed E-state index contributed by atoms with van der Waals surface area (Å²) in [4.78, 5) is 19.2. The van der Waals surface area contributed by atoms with E-state index in [-0.39, 0.29) is 0 Å². The Morgan fingerprint density at radius 1 is 1.29 bits per heavy atom. The van der Waals surface area contributed by atoms with E-state index in [4.69, 9.17) is 9.52 Å². The number of oxazole rings is 1. The van der Waals surface area contributed by atoms with Gasteiger partial charge in [0.05, 0.1) is 0 Å². The predicted octanol–water partition coefficient (Wildman–Crippen LogP) is 1.13. The molecule has 3 rings (SSSR count). The fourth-order valence-corrected chi connectivity index (χ4v) is 2.09. The summed E-state index contributed by atoms with van der Waals surface area (Å²) in [6.07, 6.45) is 3.72. The lowest BCUT2D eigenvalue weighted by atomic mass is 10.1. The number of pyridine rings is 1. The first-order valence-corrected chi connectivity index (χ1v) is 6.49. The van der Waals surface area contributed by atoms with Crippen LogP contribution in [0, 0.1) is 0 Å². The molecule has 1 atom stereocenters. The summed E-state index contributed by atoms with van der Waals surface area (Å²) in [6.45, 7) is 0. The van der Waals surface area contributed by atoms with Crippen LogP contribution in [0.1, 0.15) is 5.56 Å². The summed E-state index contributed by atoms with van der Waals surface area (Å²) < 4.78 is 5.69. The van der Waals surface area contributed by atoms with Crippen molar-refractivity contribution in [2.24, 2.45) is 0 Å². The molecule has 0 aliphatic heterocycles. The van der Waals surface area contributed by atoms with Crippen LogP contribution in [-0.4, -0.2) is 27.1 Å². The van der Waals surface area contributed by atoms with E-state index in [0.29, 0.717) is 23.4 Å². The molecule has 0 spiro atoms. The van der Waals surface area contributed by atoms with E-state index in [1.165, 1.54) is 0 Å². The number of carbonyl (C=O) groups is 1. The monoisotopic (exact) mass is 284 g/mol. The highest BCUT2D eigenvalue weighted by Gasteiger charge is 2.17. The minimum Gasteiger partial charge on any atom is -0.477 e. The summed E-state index contributed by atoms with van der Waals surface area (Å²) in [5, 5.41) is 8.91. The van der Waals surface area contributed by atoms with Gasteiger partial charge in [-0.3, -0.25) is 4.98 Å². The lowest BCUT2D eigenvalue weighted by Crippen LogP contribution is -2.65. The second-order valence-corrected chi connectivity index (χ2v) is 4.80. The van der Waals surface area contributed by atoms with Gasteiger partial charge in [-0.15, -0.1) is 0 Å². The normalized spacial score (nSPS) is 12.4. The number of carboxylic acid groups (broad SMARTS) is 1. The Labute approximate surface area is 120 Å². The lowest BCUT2D eigenvalue weighted by molar-refractivity contribution is -0.407. The third-order valence-corrected chi connectivity index (χ3v) is 3.21. The summed E-state index contributed by atoms with van der Waals surface area (Å²) >= 11 is 0. The minimum atomic E-state index is -0.910. The van der Waals surface area contributed by atoms with Crippen molar-refractivity contribution in [2.75, 3.05) is 0 Å². The first kappa shape index (κ1) is 13.3. The van der Waals surface area contributed by atoms with Crippen molar-refractivity contribution in [1.82, 2.24) is 9.97 Å². The molecular weight excluding hydrogens is 270 g/mol.